The number of nitrogens with two attached hydrogens (primary N) is 1. The molecule has 1 saturated carbocycles. The van der Waals surface area contributed by atoms with Crippen LogP contribution in [0.5, 0.6) is 0 Å². The van der Waals surface area contributed by atoms with Crippen molar-refractivity contribution in [2.75, 3.05) is 6.61 Å². The molecule has 0 aliphatic heterocycles. The molecule has 0 unspecified atom stereocenters. The zero-order valence-electron chi connectivity index (χ0n) is 15.0. The number of aryl methyl sites for hydroxylation is 1. The molecule has 3 N–H and O–H groups in total. The Kier molecular flexibility index (Phi) is 9.10. The molecule has 0 radical (unpaired) electrons. The van der Waals surface area contributed by atoms with Crippen molar-refractivity contribution in [2.24, 2.45) is 11.7 Å². The SMILES string of the molecule is C[C@H](N)C(=O)OCCC1CCCCC1.Cc1ccc(S(=O)(=O)O)cc1. The normalized spacial score (nSPS) is 16.5. The quantitative estimate of drug-likeness (QED) is 0.608. The Balaban J connectivity index is 0.000000257. The van der Waals surface area contributed by atoms with Gasteiger partial charge in [0, 0.05) is 0 Å². The average molecular weight is 371 g/mol. The molecular weight excluding hydrogens is 342 g/mol. The highest BCUT2D eigenvalue weighted by atomic mass is 32.2. The fourth-order valence-corrected chi connectivity index (χ4v) is 3.12. The van der Waals surface area contributed by atoms with Crippen molar-refractivity contribution in [3.05, 3.63) is 29.8 Å². The van der Waals surface area contributed by atoms with Gasteiger partial charge in [0.1, 0.15) is 6.04 Å². The summed E-state index contributed by atoms with van der Waals surface area (Å²) in [4.78, 5) is 11.0. The van der Waals surface area contributed by atoms with Gasteiger partial charge in [-0.2, -0.15) is 8.42 Å². The lowest BCUT2D eigenvalue weighted by atomic mass is 9.87. The van der Waals surface area contributed by atoms with Gasteiger partial charge in [-0.05, 0) is 38.3 Å². The molecule has 1 aliphatic carbocycles. The van der Waals surface area contributed by atoms with Crippen molar-refractivity contribution in [3.63, 3.8) is 0 Å². The fraction of sp³-hybridized carbons (Fsp3) is 0.611. The van der Waals surface area contributed by atoms with Crippen LogP contribution in [0.1, 0.15) is 51.0 Å². The molecule has 1 aromatic carbocycles. The number of ether oxygens (including phenoxy) is 1. The Morgan fingerprint density at radius 3 is 2.28 bits per heavy atom. The van der Waals surface area contributed by atoms with Crippen molar-refractivity contribution in [3.8, 4) is 0 Å². The molecule has 0 aromatic heterocycles. The van der Waals surface area contributed by atoms with Crippen LogP contribution in [-0.4, -0.2) is 31.6 Å². The summed E-state index contributed by atoms with van der Waals surface area (Å²) in [7, 11) is -4.02. The number of carbonyl (C=O) groups is 1. The van der Waals surface area contributed by atoms with Gasteiger partial charge in [-0.15, -0.1) is 0 Å². The van der Waals surface area contributed by atoms with E-state index in [2.05, 4.69) is 0 Å². The Morgan fingerprint density at radius 1 is 1.24 bits per heavy atom. The Morgan fingerprint density at radius 2 is 1.80 bits per heavy atom. The van der Waals surface area contributed by atoms with Crippen LogP contribution in [0.2, 0.25) is 0 Å². The van der Waals surface area contributed by atoms with Crippen LogP contribution in [0, 0.1) is 12.8 Å². The third kappa shape index (κ3) is 9.00. The molecule has 1 atom stereocenters. The summed E-state index contributed by atoms with van der Waals surface area (Å²) in [6.45, 7) is 4.04. The first-order valence-electron chi connectivity index (χ1n) is 8.66. The maximum atomic E-state index is 11.0. The van der Waals surface area contributed by atoms with Crippen LogP contribution in [0.3, 0.4) is 0 Å². The molecule has 0 amide bonds. The molecule has 0 heterocycles. The second kappa shape index (κ2) is 10.5. The summed E-state index contributed by atoms with van der Waals surface area (Å²) in [6.07, 6.45) is 7.66. The Hall–Kier alpha value is -1.44. The van der Waals surface area contributed by atoms with Crippen LogP contribution in [0.15, 0.2) is 29.2 Å². The maximum Gasteiger partial charge on any atom is 0.322 e. The van der Waals surface area contributed by atoms with Gasteiger partial charge in [0.25, 0.3) is 10.1 Å². The molecule has 1 aliphatic rings. The number of benzene rings is 1. The minimum atomic E-state index is -4.02. The standard InChI is InChI=1S/C11H21NO2.C7H8O3S/c1-9(12)11(13)14-8-7-10-5-3-2-4-6-10;1-6-2-4-7(5-3-6)11(8,9)10/h9-10H,2-8,12H2,1H3;2-5H,1H3,(H,8,9,10)/t9-;/m0./s1. The minimum absolute atomic E-state index is 0.0666. The van der Waals surface area contributed by atoms with Gasteiger partial charge < -0.3 is 10.5 Å². The van der Waals surface area contributed by atoms with Crippen molar-refractivity contribution in [1.82, 2.24) is 0 Å². The molecule has 0 saturated heterocycles. The van der Waals surface area contributed by atoms with E-state index in [-0.39, 0.29) is 10.9 Å². The summed E-state index contributed by atoms with van der Waals surface area (Å²) in [5.74, 6) is 0.491. The summed E-state index contributed by atoms with van der Waals surface area (Å²) >= 11 is 0. The fourth-order valence-electron chi connectivity index (χ4n) is 2.64. The van der Waals surface area contributed by atoms with E-state index in [1.54, 1.807) is 19.1 Å². The summed E-state index contributed by atoms with van der Waals surface area (Å²) in [5, 5.41) is 0. The zero-order valence-corrected chi connectivity index (χ0v) is 15.8. The lowest BCUT2D eigenvalue weighted by Crippen LogP contribution is -2.29. The lowest BCUT2D eigenvalue weighted by molar-refractivity contribution is -0.145. The van der Waals surface area contributed by atoms with Crippen LogP contribution < -0.4 is 5.73 Å². The van der Waals surface area contributed by atoms with E-state index in [1.807, 2.05) is 6.92 Å². The first-order chi connectivity index (χ1) is 11.7. The monoisotopic (exact) mass is 371 g/mol. The van der Waals surface area contributed by atoms with Gasteiger partial charge in [0.05, 0.1) is 11.5 Å². The average Bonchev–Trinajstić information content (AvgIpc) is 2.56. The highest BCUT2D eigenvalue weighted by molar-refractivity contribution is 7.85. The predicted molar refractivity (Wildman–Crippen MR) is 96.8 cm³/mol. The van der Waals surface area contributed by atoms with E-state index < -0.39 is 16.2 Å². The molecule has 25 heavy (non-hydrogen) atoms. The molecule has 142 valence electrons. The maximum absolute atomic E-state index is 11.0. The molecule has 1 fully saturated rings. The van der Waals surface area contributed by atoms with Gasteiger partial charge in [0.15, 0.2) is 0 Å². The molecule has 1 aromatic rings. The highest BCUT2D eigenvalue weighted by Gasteiger charge is 2.14. The minimum Gasteiger partial charge on any atom is -0.465 e. The predicted octanol–water partition coefficient (Wildman–Crippen LogP) is 3.09. The first kappa shape index (κ1) is 21.6. The van der Waals surface area contributed by atoms with Crippen molar-refractivity contribution < 1.29 is 22.5 Å². The third-order valence-electron chi connectivity index (χ3n) is 4.19. The van der Waals surface area contributed by atoms with Crippen molar-refractivity contribution in [2.45, 2.75) is 63.3 Å². The summed E-state index contributed by atoms with van der Waals surface area (Å²) in [5.41, 5.74) is 6.34. The van der Waals surface area contributed by atoms with Crippen LogP contribution in [-0.2, 0) is 19.6 Å². The topological polar surface area (TPSA) is 107 Å². The molecule has 7 heteroatoms. The number of hydrogen-bond acceptors (Lipinski definition) is 5. The summed E-state index contributed by atoms with van der Waals surface area (Å²) < 4.78 is 34.6. The molecular formula is C18H29NO5S. The van der Waals surface area contributed by atoms with Gasteiger partial charge >= 0.3 is 5.97 Å². The van der Waals surface area contributed by atoms with Crippen LogP contribution in [0.4, 0.5) is 0 Å². The molecule has 0 spiro atoms. The van der Waals surface area contributed by atoms with Gasteiger partial charge in [-0.25, -0.2) is 0 Å². The van der Waals surface area contributed by atoms with E-state index in [9.17, 15) is 13.2 Å². The Labute approximate surface area is 150 Å². The second-order valence-corrected chi connectivity index (χ2v) is 7.96. The van der Waals surface area contributed by atoms with Crippen LogP contribution in [0.25, 0.3) is 0 Å². The molecule has 6 nitrogen and oxygen atoms in total. The van der Waals surface area contributed by atoms with Gasteiger partial charge in [-0.3, -0.25) is 9.35 Å². The Bertz CT molecular complexity index is 619. The lowest BCUT2D eigenvalue weighted by Gasteiger charge is -2.21. The van der Waals surface area contributed by atoms with E-state index in [1.165, 1.54) is 44.2 Å². The summed E-state index contributed by atoms with van der Waals surface area (Å²) in [6, 6.07) is 5.50. The van der Waals surface area contributed by atoms with Crippen molar-refractivity contribution >= 4 is 16.1 Å². The number of carbonyl (C=O) groups excluding carboxylic acids is 1. The number of rotatable bonds is 5. The van der Waals surface area contributed by atoms with E-state index in [0.717, 1.165) is 17.9 Å². The largest absolute Gasteiger partial charge is 0.465 e. The van der Waals surface area contributed by atoms with Crippen LogP contribution >= 0.6 is 0 Å². The van der Waals surface area contributed by atoms with Gasteiger partial charge in [0.2, 0.25) is 0 Å². The molecule has 0 bridgehead atoms. The smallest absolute Gasteiger partial charge is 0.322 e. The second-order valence-electron chi connectivity index (χ2n) is 6.54. The highest BCUT2D eigenvalue weighted by Crippen LogP contribution is 2.26. The third-order valence-corrected chi connectivity index (χ3v) is 5.05. The van der Waals surface area contributed by atoms with E-state index in [4.69, 9.17) is 15.0 Å². The first-order valence-corrected chi connectivity index (χ1v) is 10.1. The van der Waals surface area contributed by atoms with Crippen molar-refractivity contribution in [1.29, 1.82) is 0 Å². The van der Waals surface area contributed by atoms with Gasteiger partial charge in [-0.1, -0.05) is 49.8 Å². The zero-order chi connectivity index (χ0) is 18.9. The van der Waals surface area contributed by atoms with E-state index >= 15 is 0 Å². The molecule has 2 rings (SSSR count). The van der Waals surface area contributed by atoms with E-state index in [0.29, 0.717) is 6.61 Å². The number of hydrogen-bond donors (Lipinski definition) is 2. The number of esters is 1.